The summed E-state index contributed by atoms with van der Waals surface area (Å²) in [5.41, 5.74) is 2.57. The lowest BCUT2D eigenvalue weighted by molar-refractivity contribution is -0.131. The molecule has 156 valence electrons. The van der Waals surface area contributed by atoms with Crippen LogP contribution in [-0.2, 0) is 9.59 Å². The van der Waals surface area contributed by atoms with E-state index in [0.29, 0.717) is 13.0 Å². The van der Waals surface area contributed by atoms with Crippen LogP contribution in [0.5, 0.6) is 5.75 Å². The van der Waals surface area contributed by atoms with Crippen molar-refractivity contribution in [3.05, 3.63) is 28.8 Å². The van der Waals surface area contributed by atoms with E-state index in [-0.39, 0.29) is 36.9 Å². The summed E-state index contributed by atoms with van der Waals surface area (Å²) in [6, 6.07) is 3.77. The SMILES string of the molecule is Cc1cc(C)c2c(c1)C(NC(=O)CCCN1C(=O)NC3(CCCC3)C1=O)CCO2. The number of imide groups is 1. The first-order chi connectivity index (χ1) is 13.9. The topological polar surface area (TPSA) is 87.7 Å². The van der Waals surface area contributed by atoms with E-state index in [9.17, 15) is 14.4 Å². The van der Waals surface area contributed by atoms with Crippen molar-refractivity contribution in [1.29, 1.82) is 0 Å². The molecule has 1 aliphatic carbocycles. The van der Waals surface area contributed by atoms with Gasteiger partial charge in [0, 0.05) is 24.9 Å². The van der Waals surface area contributed by atoms with Crippen molar-refractivity contribution in [3.8, 4) is 5.75 Å². The second-order valence-corrected chi connectivity index (χ2v) is 8.54. The van der Waals surface area contributed by atoms with Crippen molar-refractivity contribution in [1.82, 2.24) is 15.5 Å². The minimum atomic E-state index is -0.680. The van der Waals surface area contributed by atoms with Crippen LogP contribution in [0, 0.1) is 13.8 Å². The van der Waals surface area contributed by atoms with Crippen LogP contribution in [-0.4, -0.2) is 41.4 Å². The highest BCUT2D eigenvalue weighted by atomic mass is 16.5. The van der Waals surface area contributed by atoms with Gasteiger partial charge in [0.1, 0.15) is 11.3 Å². The lowest BCUT2D eigenvalue weighted by atomic mass is 9.95. The average molecular weight is 399 g/mol. The average Bonchev–Trinajstić information content (AvgIpc) is 3.23. The van der Waals surface area contributed by atoms with Crippen molar-refractivity contribution in [2.45, 2.75) is 70.4 Å². The normalized spacial score (nSPS) is 22.4. The molecule has 1 aromatic carbocycles. The molecule has 1 aromatic rings. The van der Waals surface area contributed by atoms with E-state index in [1.54, 1.807) is 0 Å². The van der Waals surface area contributed by atoms with Crippen LogP contribution in [0.3, 0.4) is 0 Å². The second kappa shape index (κ2) is 7.69. The molecule has 4 rings (SSSR count). The number of fused-ring (bicyclic) bond motifs is 1. The number of nitrogens with zero attached hydrogens (tertiary/aromatic N) is 1. The van der Waals surface area contributed by atoms with Crippen LogP contribution in [0.2, 0.25) is 0 Å². The van der Waals surface area contributed by atoms with Crippen molar-refractivity contribution < 1.29 is 19.1 Å². The molecular formula is C22H29N3O4. The molecule has 0 bridgehead atoms. The summed E-state index contributed by atoms with van der Waals surface area (Å²) >= 11 is 0. The highest BCUT2D eigenvalue weighted by Gasteiger charge is 2.52. The van der Waals surface area contributed by atoms with E-state index < -0.39 is 5.54 Å². The molecular weight excluding hydrogens is 370 g/mol. The predicted octanol–water partition coefficient (Wildman–Crippen LogP) is 2.89. The van der Waals surface area contributed by atoms with Crippen LogP contribution in [0.1, 0.15) is 67.7 Å². The van der Waals surface area contributed by atoms with Gasteiger partial charge in [0.05, 0.1) is 12.6 Å². The van der Waals surface area contributed by atoms with E-state index in [1.165, 1.54) is 4.90 Å². The summed E-state index contributed by atoms with van der Waals surface area (Å²) in [5.74, 6) is 0.683. The van der Waals surface area contributed by atoms with Crippen LogP contribution < -0.4 is 15.4 Å². The maximum atomic E-state index is 12.7. The second-order valence-electron chi connectivity index (χ2n) is 8.54. The smallest absolute Gasteiger partial charge is 0.325 e. The first-order valence-electron chi connectivity index (χ1n) is 10.6. The number of aryl methyl sites for hydroxylation is 2. The third kappa shape index (κ3) is 3.70. The van der Waals surface area contributed by atoms with E-state index in [2.05, 4.69) is 22.8 Å². The number of nitrogens with one attached hydrogen (secondary N) is 2. The zero-order valence-corrected chi connectivity index (χ0v) is 17.2. The first-order valence-corrected chi connectivity index (χ1v) is 10.6. The Labute approximate surface area is 171 Å². The monoisotopic (exact) mass is 399 g/mol. The molecule has 2 heterocycles. The highest BCUT2D eigenvalue weighted by Crippen LogP contribution is 2.36. The lowest BCUT2D eigenvalue weighted by Gasteiger charge is -2.28. The Morgan fingerprint density at radius 1 is 1.28 bits per heavy atom. The molecule has 2 fully saturated rings. The van der Waals surface area contributed by atoms with Gasteiger partial charge in [-0.15, -0.1) is 0 Å². The van der Waals surface area contributed by atoms with E-state index in [0.717, 1.165) is 54.5 Å². The maximum Gasteiger partial charge on any atom is 0.325 e. The first kappa shape index (κ1) is 19.7. The van der Waals surface area contributed by atoms with Gasteiger partial charge in [-0.3, -0.25) is 14.5 Å². The fourth-order valence-electron chi connectivity index (χ4n) is 4.89. The number of hydrogen-bond donors (Lipinski definition) is 2. The minimum Gasteiger partial charge on any atom is -0.493 e. The lowest BCUT2D eigenvalue weighted by Crippen LogP contribution is -2.44. The molecule has 1 saturated heterocycles. The van der Waals surface area contributed by atoms with Gasteiger partial charge in [-0.1, -0.05) is 30.5 Å². The number of benzene rings is 1. The molecule has 29 heavy (non-hydrogen) atoms. The number of urea groups is 1. The molecule has 7 nitrogen and oxygen atoms in total. The Morgan fingerprint density at radius 2 is 2.03 bits per heavy atom. The zero-order chi connectivity index (χ0) is 20.6. The van der Waals surface area contributed by atoms with E-state index in [4.69, 9.17) is 4.74 Å². The Hall–Kier alpha value is -2.57. The number of carbonyl (C=O) groups excluding carboxylic acids is 3. The van der Waals surface area contributed by atoms with Gasteiger partial charge in [0.25, 0.3) is 5.91 Å². The Balaban J connectivity index is 1.32. The molecule has 1 saturated carbocycles. The van der Waals surface area contributed by atoms with Gasteiger partial charge in [-0.2, -0.15) is 0 Å². The quantitative estimate of drug-likeness (QED) is 0.746. The Bertz CT molecular complexity index is 845. The summed E-state index contributed by atoms with van der Waals surface area (Å²) < 4.78 is 5.80. The molecule has 7 heteroatoms. The molecule has 1 spiro atoms. The molecule has 0 radical (unpaired) electrons. The number of hydrogen-bond acceptors (Lipinski definition) is 4. The van der Waals surface area contributed by atoms with Crippen LogP contribution in [0.4, 0.5) is 4.79 Å². The summed E-state index contributed by atoms with van der Waals surface area (Å²) in [5, 5.41) is 5.98. The van der Waals surface area contributed by atoms with Crippen molar-refractivity contribution >= 4 is 17.8 Å². The number of carbonyl (C=O) groups is 3. The largest absolute Gasteiger partial charge is 0.493 e. The molecule has 0 aromatic heterocycles. The van der Waals surface area contributed by atoms with Gasteiger partial charge in [-0.25, -0.2) is 4.79 Å². The number of rotatable bonds is 5. The third-order valence-corrected chi connectivity index (χ3v) is 6.30. The van der Waals surface area contributed by atoms with Gasteiger partial charge < -0.3 is 15.4 Å². The Kier molecular flexibility index (Phi) is 5.23. The highest BCUT2D eigenvalue weighted by molar-refractivity contribution is 6.07. The summed E-state index contributed by atoms with van der Waals surface area (Å²) in [6.45, 7) is 4.91. The van der Waals surface area contributed by atoms with Gasteiger partial charge in [0.15, 0.2) is 0 Å². The third-order valence-electron chi connectivity index (χ3n) is 6.30. The molecule has 2 aliphatic heterocycles. The van der Waals surface area contributed by atoms with Crippen LogP contribution >= 0.6 is 0 Å². The van der Waals surface area contributed by atoms with Crippen molar-refractivity contribution in [2.24, 2.45) is 0 Å². The standard InChI is InChI=1S/C22H29N3O4/c1-14-12-15(2)19-16(13-14)17(7-11-29-19)23-18(26)6-5-10-25-20(27)22(24-21(25)28)8-3-4-9-22/h12-13,17H,3-11H2,1-2H3,(H,23,26)(H,24,28). The van der Waals surface area contributed by atoms with E-state index in [1.807, 2.05) is 13.8 Å². The summed E-state index contributed by atoms with van der Waals surface area (Å²) in [4.78, 5) is 38.7. The van der Waals surface area contributed by atoms with Gasteiger partial charge in [0.2, 0.25) is 5.91 Å². The van der Waals surface area contributed by atoms with Crippen LogP contribution in [0.15, 0.2) is 12.1 Å². The summed E-state index contributed by atoms with van der Waals surface area (Å²) in [6.07, 6.45) is 4.84. The van der Waals surface area contributed by atoms with Crippen molar-refractivity contribution in [3.63, 3.8) is 0 Å². The molecule has 2 N–H and O–H groups in total. The molecule has 1 unspecified atom stereocenters. The fraction of sp³-hybridized carbons (Fsp3) is 0.591. The Morgan fingerprint density at radius 3 is 2.79 bits per heavy atom. The fourth-order valence-corrected chi connectivity index (χ4v) is 4.89. The predicted molar refractivity (Wildman–Crippen MR) is 108 cm³/mol. The minimum absolute atomic E-state index is 0.0651. The van der Waals surface area contributed by atoms with Crippen LogP contribution in [0.25, 0.3) is 0 Å². The summed E-state index contributed by atoms with van der Waals surface area (Å²) in [7, 11) is 0. The molecule has 3 aliphatic rings. The number of amides is 4. The maximum absolute atomic E-state index is 12.7. The van der Waals surface area contributed by atoms with E-state index >= 15 is 0 Å². The van der Waals surface area contributed by atoms with Gasteiger partial charge >= 0.3 is 6.03 Å². The zero-order valence-electron chi connectivity index (χ0n) is 17.2. The van der Waals surface area contributed by atoms with Crippen molar-refractivity contribution in [2.75, 3.05) is 13.2 Å². The van der Waals surface area contributed by atoms with Gasteiger partial charge in [-0.05, 0) is 38.7 Å². The molecule has 4 amide bonds. The number of ether oxygens (including phenoxy) is 1. The molecule has 1 atom stereocenters.